The second kappa shape index (κ2) is 5.36. The summed E-state index contributed by atoms with van der Waals surface area (Å²) in [7, 11) is 0. The Hall–Kier alpha value is -3.09. The van der Waals surface area contributed by atoms with E-state index in [1.165, 1.54) is 12.5 Å². The van der Waals surface area contributed by atoms with Crippen LogP contribution in [0.15, 0.2) is 36.8 Å². The Bertz CT molecular complexity index is 857. The van der Waals surface area contributed by atoms with Crippen LogP contribution < -0.4 is 5.32 Å². The van der Waals surface area contributed by atoms with E-state index in [4.69, 9.17) is 5.11 Å². The van der Waals surface area contributed by atoms with E-state index < -0.39 is 6.09 Å². The Morgan fingerprint density at radius 2 is 2.18 bits per heavy atom. The number of aromatic hydroxyl groups is 1. The van der Waals surface area contributed by atoms with Crippen LogP contribution in [0.5, 0.6) is 5.75 Å². The highest BCUT2D eigenvalue weighted by molar-refractivity contribution is 5.78. The molecule has 3 N–H and O–H groups in total. The predicted molar refractivity (Wildman–Crippen MR) is 79.7 cm³/mol. The second-order valence-corrected chi connectivity index (χ2v) is 4.94. The average molecular weight is 298 g/mol. The minimum Gasteiger partial charge on any atom is -0.506 e. The van der Waals surface area contributed by atoms with Crippen molar-refractivity contribution in [3.63, 3.8) is 0 Å². The number of hydrogen-bond donors (Lipinski definition) is 3. The fourth-order valence-electron chi connectivity index (χ4n) is 2.35. The molecule has 112 valence electrons. The zero-order chi connectivity index (χ0) is 15.7. The third-order valence-corrected chi connectivity index (χ3v) is 3.44. The molecule has 22 heavy (non-hydrogen) atoms. The lowest BCUT2D eigenvalue weighted by molar-refractivity contribution is 0.194. The number of benzene rings is 1. The Morgan fingerprint density at radius 1 is 1.36 bits per heavy atom. The van der Waals surface area contributed by atoms with E-state index in [1.807, 2.05) is 25.1 Å². The summed E-state index contributed by atoms with van der Waals surface area (Å²) in [4.78, 5) is 14.8. The molecule has 7 heteroatoms. The highest BCUT2D eigenvalue weighted by Gasteiger charge is 2.10. The van der Waals surface area contributed by atoms with Crippen LogP contribution >= 0.6 is 0 Å². The number of amides is 1. The van der Waals surface area contributed by atoms with E-state index in [9.17, 15) is 9.90 Å². The van der Waals surface area contributed by atoms with E-state index in [0.717, 1.165) is 16.7 Å². The maximum Gasteiger partial charge on any atom is 0.404 e. The molecule has 2 aromatic heterocycles. The summed E-state index contributed by atoms with van der Waals surface area (Å²) in [6.45, 7) is 2.17. The molecular formula is C15H14N4O3. The summed E-state index contributed by atoms with van der Waals surface area (Å²) in [5.41, 5.74) is 4.14. The minimum absolute atomic E-state index is 0.126. The first-order chi connectivity index (χ1) is 10.5. The Balaban J connectivity index is 2.00. The first-order valence-electron chi connectivity index (χ1n) is 6.63. The molecule has 2 heterocycles. The van der Waals surface area contributed by atoms with Gasteiger partial charge < -0.3 is 15.5 Å². The monoisotopic (exact) mass is 298 g/mol. The Labute approximate surface area is 125 Å². The number of aryl methyl sites for hydroxylation is 1. The lowest BCUT2D eigenvalue weighted by Crippen LogP contribution is -2.20. The lowest BCUT2D eigenvalue weighted by atomic mass is 10.0. The maximum absolute atomic E-state index is 10.6. The van der Waals surface area contributed by atoms with Crippen molar-refractivity contribution in [1.82, 2.24) is 19.9 Å². The van der Waals surface area contributed by atoms with Crippen LogP contribution in [0, 0.1) is 6.92 Å². The van der Waals surface area contributed by atoms with Gasteiger partial charge in [0, 0.05) is 18.2 Å². The molecule has 0 saturated carbocycles. The normalized spacial score (nSPS) is 10.8. The molecule has 1 amide bonds. The average Bonchev–Trinajstić information content (AvgIpc) is 2.85. The summed E-state index contributed by atoms with van der Waals surface area (Å²) >= 11 is 0. The number of fused-ring (bicyclic) bond motifs is 1. The van der Waals surface area contributed by atoms with Gasteiger partial charge in [-0.25, -0.2) is 14.3 Å². The van der Waals surface area contributed by atoms with Crippen molar-refractivity contribution in [2.45, 2.75) is 13.5 Å². The summed E-state index contributed by atoms with van der Waals surface area (Å²) in [5, 5.41) is 24.7. The van der Waals surface area contributed by atoms with Gasteiger partial charge in [0.05, 0.1) is 17.4 Å². The summed E-state index contributed by atoms with van der Waals surface area (Å²) in [5.74, 6) is 0.126. The predicted octanol–water partition coefficient (Wildman–Crippen LogP) is 2.18. The van der Waals surface area contributed by atoms with E-state index >= 15 is 0 Å². The molecule has 3 rings (SSSR count). The van der Waals surface area contributed by atoms with Gasteiger partial charge in [-0.2, -0.15) is 5.10 Å². The van der Waals surface area contributed by atoms with E-state index in [-0.39, 0.29) is 12.3 Å². The topological polar surface area (TPSA) is 99.8 Å². The van der Waals surface area contributed by atoms with Crippen molar-refractivity contribution in [2.75, 3.05) is 0 Å². The number of aromatic nitrogens is 3. The van der Waals surface area contributed by atoms with Gasteiger partial charge in [-0.3, -0.25) is 0 Å². The molecule has 0 fully saturated rings. The molecule has 0 saturated heterocycles. The summed E-state index contributed by atoms with van der Waals surface area (Å²) in [6, 6.07) is 7.27. The van der Waals surface area contributed by atoms with Crippen molar-refractivity contribution in [2.24, 2.45) is 0 Å². The highest BCUT2D eigenvalue weighted by atomic mass is 16.4. The van der Waals surface area contributed by atoms with Crippen molar-refractivity contribution >= 4 is 11.6 Å². The molecule has 0 aliphatic rings. The number of nitrogens with one attached hydrogen (secondary N) is 1. The van der Waals surface area contributed by atoms with Gasteiger partial charge >= 0.3 is 6.09 Å². The standard InChI is InChI=1S/C15H14N4O3/c1-9-4-10(2-3-11(9)6-16-15(21)22)14-13-5-12(20)7-19(13)18-8-17-14/h2-5,7-8,16,20H,6H2,1H3,(H,21,22). The van der Waals surface area contributed by atoms with Crippen LogP contribution in [-0.2, 0) is 6.54 Å². The van der Waals surface area contributed by atoms with Gasteiger partial charge in [0.15, 0.2) is 0 Å². The third-order valence-electron chi connectivity index (χ3n) is 3.44. The van der Waals surface area contributed by atoms with Crippen LogP contribution in [0.1, 0.15) is 11.1 Å². The molecule has 0 aliphatic carbocycles. The molecule has 7 nitrogen and oxygen atoms in total. The molecule has 0 spiro atoms. The van der Waals surface area contributed by atoms with Crippen molar-refractivity contribution < 1.29 is 15.0 Å². The number of hydrogen-bond acceptors (Lipinski definition) is 4. The second-order valence-electron chi connectivity index (χ2n) is 4.94. The molecular weight excluding hydrogens is 284 g/mol. The number of rotatable bonds is 3. The van der Waals surface area contributed by atoms with E-state index in [0.29, 0.717) is 11.2 Å². The number of carbonyl (C=O) groups is 1. The largest absolute Gasteiger partial charge is 0.506 e. The molecule has 0 bridgehead atoms. The highest BCUT2D eigenvalue weighted by Crippen LogP contribution is 2.26. The minimum atomic E-state index is -1.05. The van der Waals surface area contributed by atoms with Crippen LogP contribution in [0.25, 0.3) is 16.8 Å². The van der Waals surface area contributed by atoms with Crippen LogP contribution in [-0.4, -0.2) is 30.9 Å². The number of nitrogens with zero attached hydrogens (tertiary/aromatic N) is 3. The van der Waals surface area contributed by atoms with Gasteiger partial charge in [-0.05, 0) is 24.1 Å². The summed E-state index contributed by atoms with van der Waals surface area (Å²) < 4.78 is 1.56. The van der Waals surface area contributed by atoms with E-state index in [2.05, 4.69) is 15.4 Å². The third kappa shape index (κ3) is 2.56. The maximum atomic E-state index is 10.6. The SMILES string of the molecule is Cc1cc(-c2ncnn3cc(O)cc23)ccc1CNC(=O)O. The molecule has 0 aliphatic heterocycles. The Morgan fingerprint density at radius 3 is 2.91 bits per heavy atom. The van der Waals surface area contributed by atoms with Gasteiger partial charge in [-0.1, -0.05) is 12.1 Å². The zero-order valence-corrected chi connectivity index (χ0v) is 11.8. The molecule has 0 atom stereocenters. The molecule has 3 aromatic rings. The zero-order valence-electron chi connectivity index (χ0n) is 11.8. The Kier molecular flexibility index (Phi) is 3.38. The first kappa shape index (κ1) is 13.9. The molecule has 0 radical (unpaired) electrons. The number of carboxylic acid groups (broad SMARTS) is 1. The van der Waals surface area contributed by atoms with Crippen molar-refractivity contribution in [3.05, 3.63) is 47.9 Å². The van der Waals surface area contributed by atoms with Crippen molar-refractivity contribution in [3.8, 4) is 17.0 Å². The van der Waals surface area contributed by atoms with Gasteiger partial charge in [0.25, 0.3) is 0 Å². The summed E-state index contributed by atoms with van der Waals surface area (Å²) in [6.07, 6.45) is 1.89. The molecule has 1 aromatic carbocycles. The van der Waals surface area contributed by atoms with Gasteiger partial charge in [-0.15, -0.1) is 0 Å². The van der Waals surface area contributed by atoms with Gasteiger partial charge in [0.1, 0.15) is 12.1 Å². The van der Waals surface area contributed by atoms with Gasteiger partial charge in [0.2, 0.25) is 0 Å². The van der Waals surface area contributed by atoms with Crippen LogP contribution in [0.2, 0.25) is 0 Å². The molecule has 0 unspecified atom stereocenters. The lowest BCUT2D eigenvalue weighted by Gasteiger charge is -2.09. The van der Waals surface area contributed by atoms with Crippen LogP contribution in [0.3, 0.4) is 0 Å². The van der Waals surface area contributed by atoms with Crippen LogP contribution in [0.4, 0.5) is 4.79 Å². The fraction of sp³-hybridized carbons (Fsp3) is 0.133. The quantitative estimate of drug-likeness (QED) is 0.688. The smallest absolute Gasteiger partial charge is 0.404 e. The first-order valence-corrected chi connectivity index (χ1v) is 6.63. The van der Waals surface area contributed by atoms with E-state index in [1.54, 1.807) is 10.6 Å². The fourth-order valence-corrected chi connectivity index (χ4v) is 2.35. The van der Waals surface area contributed by atoms with Crippen molar-refractivity contribution in [1.29, 1.82) is 0 Å².